The average Bonchev–Trinajstić information content (AvgIpc) is 2.88. The van der Waals surface area contributed by atoms with Gasteiger partial charge in [-0.2, -0.15) is 0 Å². The Kier molecular flexibility index (Phi) is 8.03. The van der Waals surface area contributed by atoms with Crippen LogP contribution in [0, 0.1) is 5.92 Å². The van der Waals surface area contributed by atoms with Crippen molar-refractivity contribution in [1.29, 1.82) is 0 Å². The SMILES string of the molecule is O=C1CSC(=O)C1=C(O)CCC1CCCCCCCCCCC1=O. The van der Waals surface area contributed by atoms with Gasteiger partial charge in [0.25, 0.3) is 0 Å². The fourth-order valence-electron chi connectivity index (χ4n) is 3.53. The Bertz CT molecular complexity index is 491. The highest BCUT2D eigenvalue weighted by molar-refractivity contribution is 8.15. The Balaban J connectivity index is 1.93. The number of rotatable bonds is 3. The summed E-state index contributed by atoms with van der Waals surface area (Å²) in [5, 5.41) is 9.80. The van der Waals surface area contributed by atoms with E-state index < -0.39 is 0 Å². The van der Waals surface area contributed by atoms with Crippen molar-refractivity contribution in [3.8, 4) is 0 Å². The molecule has 1 atom stereocenters. The van der Waals surface area contributed by atoms with Gasteiger partial charge in [-0.25, -0.2) is 0 Å². The quantitative estimate of drug-likeness (QED) is 0.459. The highest BCUT2D eigenvalue weighted by Gasteiger charge is 2.31. The van der Waals surface area contributed by atoms with E-state index in [9.17, 15) is 19.5 Å². The van der Waals surface area contributed by atoms with Crippen LogP contribution in [-0.4, -0.2) is 27.5 Å². The van der Waals surface area contributed by atoms with Crippen LogP contribution in [0.4, 0.5) is 0 Å². The van der Waals surface area contributed by atoms with E-state index in [1.54, 1.807) is 0 Å². The van der Waals surface area contributed by atoms with Crippen LogP contribution in [0.5, 0.6) is 0 Å². The second-order valence-corrected chi connectivity index (χ2v) is 7.84. The molecule has 2 fully saturated rings. The Labute approximate surface area is 148 Å². The predicted octanol–water partition coefficient (Wildman–Crippen LogP) is 4.52. The molecule has 1 saturated carbocycles. The second-order valence-electron chi connectivity index (χ2n) is 6.89. The normalized spacial score (nSPS) is 26.8. The smallest absolute Gasteiger partial charge is 0.226 e. The van der Waals surface area contributed by atoms with Crippen LogP contribution in [0.3, 0.4) is 0 Å². The number of hydrogen-bond acceptors (Lipinski definition) is 5. The molecule has 0 radical (unpaired) electrons. The highest BCUT2D eigenvalue weighted by atomic mass is 32.2. The Hall–Kier alpha value is -1.10. The summed E-state index contributed by atoms with van der Waals surface area (Å²) in [5.74, 6) is -0.0414. The number of aliphatic hydroxyl groups excluding tert-OH is 1. The summed E-state index contributed by atoms with van der Waals surface area (Å²) in [6, 6.07) is 0. The molecule has 24 heavy (non-hydrogen) atoms. The molecule has 1 N–H and O–H groups in total. The summed E-state index contributed by atoms with van der Waals surface area (Å²) in [7, 11) is 0. The van der Waals surface area contributed by atoms with E-state index in [1.807, 2.05) is 0 Å². The molecule has 1 heterocycles. The molecule has 1 aliphatic heterocycles. The standard InChI is InChI=1S/C19H28O4S/c20-15-10-8-6-4-2-1-3-5-7-9-14(15)11-12-16(21)18-17(22)13-24-19(18)23/h14,21H,1-13H2. The van der Waals surface area contributed by atoms with Gasteiger partial charge in [0.15, 0.2) is 5.78 Å². The lowest BCUT2D eigenvalue weighted by Crippen LogP contribution is -2.16. The van der Waals surface area contributed by atoms with Gasteiger partial charge in [-0.1, -0.05) is 56.7 Å². The van der Waals surface area contributed by atoms with Crippen LogP contribution in [0.25, 0.3) is 0 Å². The maximum absolute atomic E-state index is 12.5. The molecule has 2 rings (SSSR count). The fourth-order valence-corrected chi connectivity index (χ4v) is 4.31. The molecule has 0 spiro atoms. The number of carbonyl (C=O) groups is 3. The molecule has 0 aromatic carbocycles. The molecule has 2 aliphatic rings. The van der Waals surface area contributed by atoms with Crippen LogP contribution < -0.4 is 0 Å². The van der Waals surface area contributed by atoms with E-state index in [2.05, 4.69) is 0 Å². The lowest BCUT2D eigenvalue weighted by atomic mass is 9.88. The molecule has 1 saturated heterocycles. The third-order valence-electron chi connectivity index (χ3n) is 5.02. The van der Waals surface area contributed by atoms with Gasteiger partial charge in [-0.05, 0) is 19.3 Å². The number of hydrogen-bond donors (Lipinski definition) is 1. The van der Waals surface area contributed by atoms with Crippen LogP contribution in [-0.2, 0) is 14.4 Å². The summed E-state index contributed by atoms with van der Waals surface area (Å²) in [6.07, 6.45) is 11.6. The van der Waals surface area contributed by atoms with Crippen molar-refractivity contribution in [1.82, 2.24) is 0 Å². The molecule has 4 nitrogen and oxygen atoms in total. The number of aliphatic hydroxyl groups is 1. The zero-order valence-corrected chi connectivity index (χ0v) is 15.2. The molecule has 0 aromatic rings. The minimum Gasteiger partial charge on any atom is -0.511 e. The molecule has 134 valence electrons. The molecule has 0 bridgehead atoms. The summed E-state index contributed by atoms with van der Waals surface area (Å²) in [6.45, 7) is 0. The topological polar surface area (TPSA) is 71.4 Å². The van der Waals surface area contributed by atoms with Gasteiger partial charge in [-0.3, -0.25) is 14.4 Å². The number of carbonyl (C=O) groups excluding carboxylic acids is 3. The van der Waals surface area contributed by atoms with Crippen molar-refractivity contribution in [2.45, 2.75) is 77.0 Å². The minimum atomic E-state index is -0.331. The fraction of sp³-hybridized carbons (Fsp3) is 0.737. The molecule has 1 aliphatic carbocycles. The third-order valence-corrected chi connectivity index (χ3v) is 5.89. The van der Waals surface area contributed by atoms with E-state index >= 15 is 0 Å². The Morgan fingerprint density at radius 2 is 1.58 bits per heavy atom. The van der Waals surface area contributed by atoms with Crippen molar-refractivity contribution < 1.29 is 19.5 Å². The van der Waals surface area contributed by atoms with E-state index in [4.69, 9.17) is 0 Å². The Morgan fingerprint density at radius 3 is 2.21 bits per heavy atom. The minimum absolute atomic E-state index is 0.0411. The summed E-state index contributed by atoms with van der Waals surface area (Å²) >= 11 is 0.946. The molecule has 1 unspecified atom stereocenters. The molecule has 5 heteroatoms. The third kappa shape index (κ3) is 5.76. The number of allylic oxidation sites excluding steroid dienone is 1. The monoisotopic (exact) mass is 352 g/mol. The Morgan fingerprint density at radius 1 is 0.958 bits per heavy atom. The van der Waals surface area contributed by atoms with Crippen LogP contribution in [0.2, 0.25) is 0 Å². The summed E-state index contributed by atoms with van der Waals surface area (Å²) in [5.41, 5.74) is -0.0411. The van der Waals surface area contributed by atoms with E-state index in [1.165, 1.54) is 25.7 Å². The van der Waals surface area contributed by atoms with Gasteiger partial charge in [0.2, 0.25) is 5.12 Å². The average molecular weight is 352 g/mol. The van der Waals surface area contributed by atoms with Crippen molar-refractivity contribution in [3.05, 3.63) is 11.3 Å². The van der Waals surface area contributed by atoms with Gasteiger partial charge in [0.05, 0.1) is 5.75 Å². The molecule has 0 amide bonds. The first-order valence-corrected chi connectivity index (χ1v) is 10.2. The maximum Gasteiger partial charge on any atom is 0.226 e. The lowest BCUT2D eigenvalue weighted by Gasteiger charge is -2.17. The van der Waals surface area contributed by atoms with Crippen LogP contribution in [0.15, 0.2) is 11.3 Å². The zero-order valence-electron chi connectivity index (χ0n) is 14.3. The first kappa shape index (κ1) is 19.2. The van der Waals surface area contributed by atoms with Crippen LogP contribution in [0.1, 0.15) is 77.0 Å². The van der Waals surface area contributed by atoms with Crippen molar-refractivity contribution in [2.75, 3.05) is 5.75 Å². The van der Waals surface area contributed by atoms with Crippen molar-refractivity contribution >= 4 is 28.4 Å². The predicted molar refractivity (Wildman–Crippen MR) is 96.0 cm³/mol. The maximum atomic E-state index is 12.5. The van der Waals surface area contributed by atoms with E-state index in [0.717, 1.165) is 43.9 Å². The molecular formula is C19H28O4S. The lowest BCUT2D eigenvalue weighted by molar-refractivity contribution is -0.123. The largest absolute Gasteiger partial charge is 0.511 e. The van der Waals surface area contributed by atoms with Gasteiger partial charge in [-0.15, -0.1) is 0 Å². The van der Waals surface area contributed by atoms with Crippen LogP contribution >= 0.6 is 11.8 Å². The number of thioether (sulfide) groups is 1. The van der Waals surface area contributed by atoms with Gasteiger partial charge in [0.1, 0.15) is 17.1 Å². The van der Waals surface area contributed by atoms with Crippen molar-refractivity contribution in [2.24, 2.45) is 5.92 Å². The van der Waals surface area contributed by atoms with E-state index in [-0.39, 0.29) is 46.1 Å². The highest BCUT2D eigenvalue weighted by Crippen LogP contribution is 2.28. The summed E-state index contributed by atoms with van der Waals surface area (Å²) in [4.78, 5) is 35.8. The number of Topliss-reactive ketones (excluding diaryl/α,β-unsaturated/α-hetero) is 2. The van der Waals surface area contributed by atoms with Gasteiger partial charge in [0, 0.05) is 18.8 Å². The van der Waals surface area contributed by atoms with Gasteiger partial charge < -0.3 is 5.11 Å². The molecule has 0 aromatic heterocycles. The van der Waals surface area contributed by atoms with Crippen molar-refractivity contribution in [3.63, 3.8) is 0 Å². The molecular weight excluding hydrogens is 324 g/mol. The van der Waals surface area contributed by atoms with E-state index in [0.29, 0.717) is 12.8 Å². The zero-order chi connectivity index (χ0) is 17.4. The first-order valence-electron chi connectivity index (χ1n) is 9.24. The first-order chi connectivity index (χ1) is 11.6. The second kappa shape index (κ2) is 10.0. The summed E-state index contributed by atoms with van der Waals surface area (Å²) < 4.78 is 0. The number of ketones is 2. The van der Waals surface area contributed by atoms with Gasteiger partial charge >= 0.3 is 0 Å².